The summed E-state index contributed by atoms with van der Waals surface area (Å²) < 4.78 is 39.4. The van der Waals surface area contributed by atoms with Gasteiger partial charge in [0.25, 0.3) is 0 Å². The fourth-order valence-electron chi connectivity index (χ4n) is 2.63. The average Bonchev–Trinajstić information content (AvgIpc) is 2.42. The van der Waals surface area contributed by atoms with Crippen molar-refractivity contribution >= 4 is 5.69 Å². The van der Waals surface area contributed by atoms with Crippen molar-refractivity contribution in [2.75, 3.05) is 18.5 Å². The molecule has 0 aliphatic heterocycles. The van der Waals surface area contributed by atoms with Crippen molar-refractivity contribution in [3.05, 3.63) is 29.6 Å². The van der Waals surface area contributed by atoms with E-state index in [-0.39, 0.29) is 17.7 Å². The second kappa shape index (κ2) is 5.82. The van der Waals surface area contributed by atoms with Gasteiger partial charge in [0.15, 0.2) is 11.6 Å². The molecule has 5 heteroatoms. The number of benzene rings is 1. The highest BCUT2D eigenvalue weighted by Crippen LogP contribution is 2.36. The molecule has 0 bridgehead atoms. The zero-order valence-electron chi connectivity index (χ0n) is 10.7. The van der Waals surface area contributed by atoms with Gasteiger partial charge < -0.3 is 10.4 Å². The summed E-state index contributed by atoms with van der Waals surface area (Å²) in [5, 5.41) is 12.3. The van der Waals surface area contributed by atoms with E-state index in [4.69, 9.17) is 0 Å². The number of hydrogen-bond acceptors (Lipinski definition) is 2. The van der Waals surface area contributed by atoms with E-state index in [0.717, 1.165) is 38.2 Å². The summed E-state index contributed by atoms with van der Waals surface area (Å²) in [6.07, 6.45) is 4.93. The number of anilines is 1. The number of nitrogens with one attached hydrogen (secondary N) is 1. The Morgan fingerprint density at radius 1 is 1.00 bits per heavy atom. The van der Waals surface area contributed by atoms with Crippen molar-refractivity contribution in [1.29, 1.82) is 0 Å². The first kappa shape index (κ1) is 14.2. The van der Waals surface area contributed by atoms with Crippen molar-refractivity contribution in [2.45, 2.75) is 32.1 Å². The number of aliphatic hydroxyl groups excluding tert-OH is 1. The monoisotopic (exact) mass is 273 g/mol. The van der Waals surface area contributed by atoms with E-state index in [1.807, 2.05) is 0 Å². The quantitative estimate of drug-likeness (QED) is 0.823. The second-order valence-corrected chi connectivity index (χ2v) is 5.32. The SMILES string of the molecule is OCC1(CNc2cc(F)c(F)cc2F)CCCCC1. The van der Waals surface area contributed by atoms with Crippen LogP contribution in [0.2, 0.25) is 0 Å². The largest absolute Gasteiger partial charge is 0.396 e. The molecule has 19 heavy (non-hydrogen) atoms. The van der Waals surface area contributed by atoms with Crippen LogP contribution in [0.1, 0.15) is 32.1 Å². The predicted octanol–water partition coefficient (Wildman–Crippen LogP) is 3.46. The van der Waals surface area contributed by atoms with Crippen LogP contribution in [0.3, 0.4) is 0 Å². The van der Waals surface area contributed by atoms with Crippen LogP contribution in [0.25, 0.3) is 0 Å². The molecule has 1 fully saturated rings. The average molecular weight is 273 g/mol. The van der Waals surface area contributed by atoms with Crippen LogP contribution in [0.5, 0.6) is 0 Å². The summed E-state index contributed by atoms with van der Waals surface area (Å²) in [7, 11) is 0. The van der Waals surface area contributed by atoms with Crippen LogP contribution < -0.4 is 5.32 Å². The van der Waals surface area contributed by atoms with Crippen molar-refractivity contribution < 1.29 is 18.3 Å². The Bertz CT molecular complexity index is 445. The van der Waals surface area contributed by atoms with E-state index in [9.17, 15) is 18.3 Å². The van der Waals surface area contributed by atoms with Gasteiger partial charge >= 0.3 is 0 Å². The lowest BCUT2D eigenvalue weighted by Gasteiger charge is -2.36. The van der Waals surface area contributed by atoms with E-state index >= 15 is 0 Å². The van der Waals surface area contributed by atoms with Crippen LogP contribution in [0, 0.1) is 22.9 Å². The highest BCUT2D eigenvalue weighted by atomic mass is 19.2. The van der Waals surface area contributed by atoms with Crippen LogP contribution >= 0.6 is 0 Å². The Labute approximate surface area is 110 Å². The van der Waals surface area contributed by atoms with Gasteiger partial charge in [0.05, 0.1) is 12.3 Å². The number of aliphatic hydroxyl groups is 1. The number of hydrogen-bond donors (Lipinski definition) is 2. The molecular weight excluding hydrogens is 255 g/mol. The molecule has 2 N–H and O–H groups in total. The molecular formula is C14H18F3NO. The summed E-state index contributed by atoms with van der Waals surface area (Å²) in [6, 6.07) is 1.35. The molecule has 1 saturated carbocycles. The maximum absolute atomic E-state index is 13.5. The Hall–Kier alpha value is -1.23. The summed E-state index contributed by atoms with van der Waals surface area (Å²) in [4.78, 5) is 0. The third-order valence-corrected chi connectivity index (χ3v) is 3.91. The Morgan fingerprint density at radius 3 is 2.26 bits per heavy atom. The van der Waals surface area contributed by atoms with Gasteiger partial charge in [-0.25, -0.2) is 13.2 Å². The van der Waals surface area contributed by atoms with E-state index < -0.39 is 17.5 Å². The lowest BCUT2D eigenvalue weighted by atomic mass is 9.74. The molecule has 2 rings (SSSR count). The highest BCUT2D eigenvalue weighted by Gasteiger charge is 2.31. The van der Waals surface area contributed by atoms with Crippen molar-refractivity contribution in [1.82, 2.24) is 0 Å². The lowest BCUT2D eigenvalue weighted by molar-refractivity contribution is 0.0943. The standard InChI is InChI=1S/C14H18F3NO/c15-10-6-12(17)13(7-11(10)16)18-8-14(9-19)4-2-1-3-5-14/h6-7,18-19H,1-5,8-9H2. The minimum atomic E-state index is -1.20. The molecule has 0 unspecified atom stereocenters. The minimum absolute atomic E-state index is 0.0191. The summed E-state index contributed by atoms with van der Waals surface area (Å²) in [6.45, 7) is 0.386. The van der Waals surface area contributed by atoms with Crippen LogP contribution in [0.15, 0.2) is 12.1 Å². The van der Waals surface area contributed by atoms with Gasteiger partial charge in [0.1, 0.15) is 5.82 Å². The van der Waals surface area contributed by atoms with E-state index in [0.29, 0.717) is 12.6 Å². The second-order valence-electron chi connectivity index (χ2n) is 5.32. The molecule has 0 atom stereocenters. The molecule has 0 heterocycles. The molecule has 1 aliphatic carbocycles. The topological polar surface area (TPSA) is 32.3 Å². The summed E-state index contributed by atoms with van der Waals surface area (Å²) >= 11 is 0. The fourth-order valence-corrected chi connectivity index (χ4v) is 2.63. The van der Waals surface area contributed by atoms with Crippen LogP contribution in [-0.4, -0.2) is 18.3 Å². The Kier molecular flexibility index (Phi) is 4.34. The highest BCUT2D eigenvalue weighted by molar-refractivity contribution is 5.45. The minimum Gasteiger partial charge on any atom is -0.396 e. The zero-order valence-corrected chi connectivity index (χ0v) is 10.7. The summed E-state index contributed by atoms with van der Waals surface area (Å²) in [5.74, 6) is -3.09. The van der Waals surface area contributed by atoms with Gasteiger partial charge in [-0.05, 0) is 12.8 Å². The first-order chi connectivity index (χ1) is 9.06. The molecule has 106 valence electrons. The normalized spacial score (nSPS) is 18.3. The third-order valence-electron chi connectivity index (χ3n) is 3.91. The Balaban J connectivity index is 2.07. The van der Waals surface area contributed by atoms with Gasteiger partial charge in [-0.2, -0.15) is 0 Å². The molecule has 1 aliphatic rings. The van der Waals surface area contributed by atoms with Crippen LogP contribution in [-0.2, 0) is 0 Å². The smallest absolute Gasteiger partial charge is 0.161 e. The van der Waals surface area contributed by atoms with Gasteiger partial charge in [-0.1, -0.05) is 19.3 Å². The van der Waals surface area contributed by atoms with Gasteiger partial charge in [-0.15, -0.1) is 0 Å². The van der Waals surface area contributed by atoms with E-state index in [1.165, 1.54) is 0 Å². The van der Waals surface area contributed by atoms with Gasteiger partial charge in [0, 0.05) is 24.1 Å². The molecule has 0 radical (unpaired) electrons. The first-order valence-electron chi connectivity index (χ1n) is 6.56. The molecule has 0 aromatic heterocycles. The molecule has 0 saturated heterocycles. The van der Waals surface area contributed by atoms with Crippen LogP contribution in [0.4, 0.5) is 18.9 Å². The number of halogens is 3. The molecule has 0 amide bonds. The molecule has 2 nitrogen and oxygen atoms in total. The van der Waals surface area contributed by atoms with Gasteiger partial charge in [-0.3, -0.25) is 0 Å². The maximum atomic E-state index is 13.5. The molecule has 0 spiro atoms. The fraction of sp³-hybridized carbons (Fsp3) is 0.571. The van der Waals surface area contributed by atoms with Gasteiger partial charge in [0.2, 0.25) is 0 Å². The maximum Gasteiger partial charge on any atom is 0.161 e. The van der Waals surface area contributed by atoms with E-state index in [2.05, 4.69) is 5.32 Å². The third kappa shape index (κ3) is 3.21. The molecule has 1 aromatic carbocycles. The predicted molar refractivity (Wildman–Crippen MR) is 67.4 cm³/mol. The Morgan fingerprint density at radius 2 is 1.63 bits per heavy atom. The van der Waals surface area contributed by atoms with Crippen molar-refractivity contribution in [3.63, 3.8) is 0 Å². The van der Waals surface area contributed by atoms with Crippen molar-refractivity contribution in [2.24, 2.45) is 5.41 Å². The molecule has 1 aromatic rings. The van der Waals surface area contributed by atoms with Crippen molar-refractivity contribution in [3.8, 4) is 0 Å². The number of rotatable bonds is 4. The summed E-state index contributed by atoms with van der Waals surface area (Å²) in [5.41, 5.74) is -0.340. The van der Waals surface area contributed by atoms with E-state index in [1.54, 1.807) is 0 Å². The first-order valence-corrected chi connectivity index (χ1v) is 6.56. The lowest BCUT2D eigenvalue weighted by Crippen LogP contribution is -2.35. The zero-order chi connectivity index (χ0) is 13.9.